The number of hydrogen-bond acceptors (Lipinski definition) is 3. The smallest absolute Gasteiger partial charge is 0.120 e. The van der Waals surface area contributed by atoms with E-state index in [1.165, 1.54) is 0 Å². The predicted molar refractivity (Wildman–Crippen MR) is 42.4 cm³/mol. The van der Waals surface area contributed by atoms with E-state index < -0.39 is 0 Å². The molecule has 0 saturated carbocycles. The zero-order chi connectivity index (χ0) is 8.15. The fourth-order valence-electron chi connectivity index (χ4n) is 0.753. The molecule has 3 unspecified atom stereocenters. The highest BCUT2D eigenvalue weighted by atomic mass is 16.5. The largest absolute Gasteiger partial charge is 0.365 e. The molecule has 0 aromatic carbocycles. The van der Waals surface area contributed by atoms with E-state index in [2.05, 4.69) is 13.8 Å². The van der Waals surface area contributed by atoms with E-state index >= 15 is 0 Å². The molecular formula is C7H18N2O. The molecule has 3 nitrogen and oxygen atoms in total. The van der Waals surface area contributed by atoms with Gasteiger partial charge in [-0.15, -0.1) is 0 Å². The lowest BCUT2D eigenvalue weighted by atomic mass is 9.99. The molecule has 10 heavy (non-hydrogen) atoms. The third kappa shape index (κ3) is 2.64. The maximum atomic E-state index is 5.73. The summed E-state index contributed by atoms with van der Waals surface area (Å²) in [6.45, 7) is 4.16. The first-order valence-corrected chi connectivity index (χ1v) is 3.67. The third-order valence-electron chi connectivity index (χ3n) is 1.95. The molecule has 0 aliphatic carbocycles. The van der Waals surface area contributed by atoms with Crippen molar-refractivity contribution >= 4 is 0 Å². The van der Waals surface area contributed by atoms with Crippen molar-refractivity contribution < 1.29 is 4.74 Å². The van der Waals surface area contributed by atoms with Gasteiger partial charge in [0, 0.05) is 13.2 Å². The molecule has 0 saturated heterocycles. The molecule has 3 atom stereocenters. The lowest BCUT2D eigenvalue weighted by Crippen LogP contribution is -2.46. The van der Waals surface area contributed by atoms with Gasteiger partial charge in [0.05, 0.1) is 0 Å². The Labute approximate surface area is 62.7 Å². The second-order valence-electron chi connectivity index (χ2n) is 2.66. The summed E-state index contributed by atoms with van der Waals surface area (Å²) in [5.74, 6) is 0.426. The molecule has 0 aromatic heterocycles. The molecule has 0 aliphatic rings. The number of ether oxygens (including phenoxy) is 1. The Balaban J connectivity index is 3.69. The minimum atomic E-state index is -0.324. The topological polar surface area (TPSA) is 61.3 Å². The molecule has 0 spiro atoms. The molecule has 0 radical (unpaired) electrons. The summed E-state index contributed by atoms with van der Waals surface area (Å²) in [7, 11) is 1.58. The van der Waals surface area contributed by atoms with Crippen LogP contribution in [0.2, 0.25) is 0 Å². The lowest BCUT2D eigenvalue weighted by molar-refractivity contribution is 0.0686. The highest BCUT2D eigenvalue weighted by Gasteiger charge is 2.17. The monoisotopic (exact) mass is 146 g/mol. The van der Waals surface area contributed by atoms with Crippen LogP contribution in [-0.2, 0) is 4.74 Å². The summed E-state index contributed by atoms with van der Waals surface area (Å²) in [5.41, 5.74) is 11.3. The first-order chi connectivity index (χ1) is 4.63. The summed E-state index contributed by atoms with van der Waals surface area (Å²) in [6, 6.07) is -0.0463. The van der Waals surface area contributed by atoms with Crippen LogP contribution in [0.5, 0.6) is 0 Å². The van der Waals surface area contributed by atoms with Crippen LogP contribution in [0.3, 0.4) is 0 Å². The summed E-state index contributed by atoms with van der Waals surface area (Å²) < 4.78 is 4.89. The van der Waals surface area contributed by atoms with Crippen LogP contribution in [0.25, 0.3) is 0 Å². The van der Waals surface area contributed by atoms with Gasteiger partial charge in [-0.25, -0.2) is 0 Å². The van der Waals surface area contributed by atoms with Crippen molar-refractivity contribution in [3.8, 4) is 0 Å². The first-order valence-electron chi connectivity index (χ1n) is 3.67. The van der Waals surface area contributed by atoms with Crippen LogP contribution in [0.1, 0.15) is 20.3 Å². The molecule has 0 aliphatic heterocycles. The summed E-state index contributed by atoms with van der Waals surface area (Å²) in [4.78, 5) is 0. The minimum absolute atomic E-state index is 0.0463. The van der Waals surface area contributed by atoms with Crippen LogP contribution in [0, 0.1) is 5.92 Å². The SMILES string of the molecule is CCC(C)C(N)C(N)OC. The molecule has 0 fully saturated rings. The molecule has 0 amide bonds. The average Bonchev–Trinajstić information content (AvgIpc) is 2.00. The van der Waals surface area contributed by atoms with Gasteiger partial charge >= 0.3 is 0 Å². The molecular weight excluding hydrogens is 128 g/mol. The predicted octanol–water partition coefficient (Wildman–Crippen LogP) is 0.291. The molecule has 62 valence electrons. The van der Waals surface area contributed by atoms with Crippen LogP contribution in [0.4, 0.5) is 0 Å². The van der Waals surface area contributed by atoms with E-state index in [0.29, 0.717) is 5.92 Å². The Bertz CT molecular complexity index is 77.7. The Hall–Kier alpha value is -0.120. The Morgan fingerprint density at radius 1 is 1.40 bits per heavy atom. The Morgan fingerprint density at radius 3 is 2.20 bits per heavy atom. The fourth-order valence-corrected chi connectivity index (χ4v) is 0.753. The van der Waals surface area contributed by atoms with E-state index in [-0.39, 0.29) is 12.3 Å². The van der Waals surface area contributed by atoms with Crippen molar-refractivity contribution in [1.29, 1.82) is 0 Å². The van der Waals surface area contributed by atoms with Crippen LogP contribution in [0.15, 0.2) is 0 Å². The summed E-state index contributed by atoms with van der Waals surface area (Å²) in [6.07, 6.45) is 0.716. The van der Waals surface area contributed by atoms with Gasteiger partial charge in [0.15, 0.2) is 0 Å². The molecule has 4 N–H and O–H groups in total. The number of hydrogen-bond donors (Lipinski definition) is 2. The van der Waals surface area contributed by atoms with Gasteiger partial charge in [0.2, 0.25) is 0 Å². The molecule has 0 aromatic rings. The number of rotatable bonds is 4. The van der Waals surface area contributed by atoms with Crippen molar-refractivity contribution in [3.05, 3.63) is 0 Å². The summed E-state index contributed by atoms with van der Waals surface area (Å²) >= 11 is 0. The molecule has 0 heterocycles. The molecule has 0 bridgehead atoms. The van der Waals surface area contributed by atoms with Crippen LogP contribution in [-0.4, -0.2) is 19.4 Å². The first kappa shape index (κ1) is 9.88. The van der Waals surface area contributed by atoms with Crippen molar-refractivity contribution in [3.63, 3.8) is 0 Å². The van der Waals surface area contributed by atoms with E-state index in [1.807, 2.05) is 0 Å². The molecule has 0 rings (SSSR count). The van der Waals surface area contributed by atoms with Crippen molar-refractivity contribution in [2.24, 2.45) is 17.4 Å². The highest BCUT2D eigenvalue weighted by molar-refractivity contribution is 4.72. The van der Waals surface area contributed by atoms with Gasteiger partial charge in [-0.1, -0.05) is 20.3 Å². The van der Waals surface area contributed by atoms with Gasteiger partial charge in [-0.3, -0.25) is 0 Å². The van der Waals surface area contributed by atoms with Crippen molar-refractivity contribution in [1.82, 2.24) is 0 Å². The Kier molecular flexibility index (Phi) is 4.60. The maximum Gasteiger partial charge on any atom is 0.120 e. The highest BCUT2D eigenvalue weighted by Crippen LogP contribution is 2.07. The molecule has 3 heteroatoms. The zero-order valence-corrected chi connectivity index (χ0v) is 7.00. The summed E-state index contributed by atoms with van der Waals surface area (Å²) in [5, 5.41) is 0. The van der Waals surface area contributed by atoms with E-state index in [4.69, 9.17) is 16.2 Å². The van der Waals surface area contributed by atoms with E-state index in [0.717, 1.165) is 6.42 Å². The third-order valence-corrected chi connectivity index (χ3v) is 1.95. The van der Waals surface area contributed by atoms with Gasteiger partial charge in [0.1, 0.15) is 6.23 Å². The average molecular weight is 146 g/mol. The van der Waals surface area contributed by atoms with Crippen LogP contribution < -0.4 is 11.5 Å². The second kappa shape index (κ2) is 4.66. The minimum Gasteiger partial charge on any atom is -0.365 e. The van der Waals surface area contributed by atoms with Gasteiger partial charge in [0.25, 0.3) is 0 Å². The second-order valence-corrected chi connectivity index (χ2v) is 2.66. The van der Waals surface area contributed by atoms with E-state index in [1.54, 1.807) is 7.11 Å². The standard InChI is InChI=1S/C7H18N2O/c1-4-5(2)6(8)7(9)10-3/h5-7H,4,8-9H2,1-3H3. The van der Waals surface area contributed by atoms with Crippen molar-refractivity contribution in [2.75, 3.05) is 7.11 Å². The lowest BCUT2D eigenvalue weighted by Gasteiger charge is -2.23. The van der Waals surface area contributed by atoms with Crippen molar-refractivity contribution in [2.45, 2.75) is 32.5 Å². The zero-order valence-electron chi connectivity index (χ0n) is 7.00. The maximum absolute atomic E-state index is 5.73. The van der Waals surface area contributed by atoms with Gasteiger partial charge < -0.3 is 16.2 Å². The quantitative estimate of drug-likeness (QED) is 0.560. The Morgan fingerprint density at radius 2 is 1.90 bits per heavy atom. The number of methoxy groups -OCH3 is 1. The normalized spacial score (nSPS) is 20.1. The fraction of sp³-hybridized carbons (Fsp3) is 1.00. The number of nitrogens with two attached hydrogens (primary N) is 2. The van der Waals surface area contributed by atoms with E-state index in [9.17, 15) is 0 Å². The van der Waals surface area contributed by atoms with Gasteiger partial charge in [-0.05, 0) is 5.92 Å². The van der Waals surface area contributed by atoms with Crippen LogP contribution >= 0.6 is 0 Å². The van der Waals surface area contributed by atoms with Gasteiger partial charge in [-0.2, -0.15) is 0 Å².